The Kier molecular flexibility index (Phi) is 3.62. The zero-order chi connectivity index (χ0) is 12.3. The van der Waals surface area contributed by atoms with Crippen molar-refractivity contribution in [2.24, 2.45) is 0 Å². The molecule has 0 fully saturated rings. The van der Waals surface area contributed by atoms with Gasteiger partial charge < -0.3 is 4.90 Å². The van der Waals surface area contributed by atoms with Crippen molar-refractivity contribution in [3.63, 3.8) is 0 Å². The fourth-order valence-electron chi connectivity index (χ4n) is 1.34. The van der Waals surface area contributed by atoms with Gasteiger partial charge in [0.1, 0.15) is 5.78 Å². The first kappa shape index (κ1) is 12.6. The molecule has 0 aliphatic rings. The third kappa shape index (κ3) is 3.29. The van der Waals surface area contributed by atoms with Crippen LogP contribution in [0, 0.1) is 0 Å². The van der Waals surface area contributed by atoms with Gasteiger partial charge in [0.15, 0.2) is 5.82 Å². The highest BCUT2D eigenvalue weighted by molar-refractivity contribution is 5.80. The summed E-state index contributed by atoms with van der Waals surface area (Å²) < 4.78 is 0. The lowest BCUT2D eigenvalue weighted by Crippen LogP contribution is -2.25. The van der Waals surface area contributed by atoms with E-state index in [1.165, 1.54) is 0 Å². The highest BCUT2D eigenvalue weighted by atomic mass is 16.1. The maximum atomic E-state index is 11.0. The smallest absolute Gasteiger partial charge is 0.151 e. The monoisotopic (exact) mass is 221 g/mol. The van der Waals surface area contributed by atoms with E-state index in [0.29, 0.717) is 6.54 Å². The molecule has 88 valence electrons. The molecule has 0 unspecified atom stereocenters. The fourth-order valence-corrected chi connectivity index (χ4v) is 1.34. The van der Waals surface area contributed by atoms with Gasteiger partial charge in [-0.1, -0.05) is 20.8 Å². The summed E-state index contributed by atoms with van der Waals surface area (Å²) in [4.78, 5) is 12.8. The Balaban J connectivity index is 2.83. The minimum atomic E-state index is 0.00464. The van der Waals surface area contributed by atoms with E-state index >= 15 is 0 Å². The number of likely N-dealkylation sites (N-methyl/N-ethyl adjacent to an activating group) is 1. The molecule has 0 radical (unpaired) electrons. The van der Waals surface area contributed by atoms with Crippen LogP contribution in [0.1, 0.15) is 33.4 Å². The van der Waals surface area contributed by atoms with Crippen LogP contribution >= 0.6 is 0 Å². The summed E-state index contributed by atoms with van der Waals surface area (Å²) in [6.45, 7) is 8.21. The molecule has 0 aliphatic carbocycles. The number of rotatable bonds is 3. The van der Waals surface area contributed by atoms with Crippen molar-refractivity contribution in [2.75, 3.05) is 18.5 Å². The predicted octanol–water partition coefficient (Wildman–Crippen LogP) is 1.80. The largest absolute Gasteiger partial charge is 0.351 e. The Hall–Kier alpha value is -1.45. The Bertz CT molecular complexity index is 365. The average Bonchev–Trinajstić information content (AvgIpc) is 2.15. The van der Waals surface area contributed by atoms with Gasteiger partial charge in [-0.3, -0.25) is 4.79 Å². The van der Waals surface area contributed by atoms with E-state index in [-0.39, 0.29) is 11.2 Å². The average molecular weight is 221 g/mol. The number of anilines is 1. The van der Waals surface area contributed by atoms with Crippen LogP contribution < -0.4 is 4.90 Å². The number of hydrogen-bond acceptors (Lipinski definition) is 4. The van der Waals surface area contributed by atoms with Crippen LogP contribution in [-0.2, 0) is 10.2 Å². The van der Waals surface area contributed by atoms with E-state index in [2.05, 4.69) is 31.0 Å². The first-order chi connectivity index (χ1) is 7.30. The van der Waals surface area contributed by atoms with Crippen molar-refractivity contribution in [3.05, 3.63) is 17.8 Å². The molecule has 1 aromatic heterocycles. The Morgan fingerprint density at radius 1 is 1.31 bits per heavy atom. The summed E-state index contributed by atoms with van der Waals surface area (Å²) in [5.41, 5.74) is 0.956. The molecular weight excluding hydrogens is 202 g/mol. The summed E-state index contributed by atoms with van der Waals surface area (Å²) in [5, 5.41) is 8.30. The molecule has 0 saturated heterocycles. The van der Waals surface area contributed by atoms with Crippen LogP contribution in [0.4, 0.5) is 5.82 Å². The molecule has 0 aliphatic heterocycles. The van der Waals surface area contributed by atoms with E-state index in [9.17, 15) is 4.79 Å². The second-order valence-corrected chi connectivity index (χ2v) is 5.08. The zero-order valence-electron chi connectivity index (χ0n) is 10.6. The lowest BCUT2D eigenvalue weighted by Gasteiger charge is -2.19. The number of aromatic nitrogens is 2. The number of carbonyl (C=O) groups excluding carboxylic acids is 1. The van der Waals surface area contributed by atoms with Crippen LogP contribution in [-0.4, -0.2) is 29.6 Å². The molecule has 0 amide bonds. The van der Waals surface area contributed by atoms with Gasteiger partial charge in [-0.25, -0.2) is 0 Å². The minimum Gasteiger partial charge on any atom is -0.351 e. The Labute approximate surface area is 96.7 Å². The molecule has 0 atom stereocenters. The van der Waals surface area contributed by atoms with E-state index in [4.69, 9.17) is 0 Å². The highest BCUT2D eigenvalue weighted by Gasteiger charge is 2.16. The number of nitrogens with zero attached hydrogens (tertiary/aromatic N) is 3. The van der Waals surface area contributed by atoms with Gasteiger partial charge in [-0.05, 0) is 19.1 Å². The fraction of sp³-hybridized carbons (Fsp3) is 0.583. The molecule has 1 heterocycles. The third-order valence-electron chi connectivity index (χ3n) is 2.27. The molecule has 1 aromatic rings. The SMILES string of the molecule is CC(=O)CN(C)c1ccc(C(C)(C)C)nn1. The van der Waals surface area contributed by atoms with Gasteiger partial charge in [0.2, 0.25) is 0 Å². The third-order valence-corrected chi connectivity index (χ3v) is 2.27. The van der Waals surface area contributed by atoms with Crippen LogP contribution in [0.15, 0.2) is 12.1 Å². The summed E-state index contributed by atoms with van der Waals surface area (Å²) in [7, 11) is 1.84. The number of carbonyl (C=O) groups is 1. The van der Waals surface area contributed by atoms with E-state index < -0.39 is 0 Å². The normalized spacial score (nSPS) is 11.3. The van der Waals surface area contributed by atoms with Crippen molar-refractivity contribution in [1.82, 2.24) is 10.2 Å². The first-order valence-corrected chi connectivity index (χ1v) is 5.35. The maximum absolute atomic E-state index is 11.0. The molecule has 16 heavy (non-hydrogen) atoms. The van der Waals surface area contributed by atoms with Crippen LogP contribution in [0.3, 0.4) is 0 Å². The molecule has 0 spiro atoms. The van der Waals surface area contributed by atoms with Gasteiger partial charge in [-0.2, -0.15) is 5.10 Å². The quantitative estimate of drug-likeness (QED) is 0.780. The van der Waals surface area contributed by atoms with E-state index in [1.54, 1.807) is 11.8 Å². The molecule has 0 bridgehead atoms. The lowest BCUT2D eigenvalue weighted by atomic mass is 9.92. The Morgan fingerprint density at radius 3 is 2.31 bits per heavy atom. The van der Waals surface area contributed by atoms with E-state index in [0.717, 1.165) is 11.5 Å². The molecular formula is C12H19N3O. The second-order valence-electron chi connectivity index (χ2n) is 5.08. The molecule has 4 nitrogen and oxygen atoms in total. The van der Waals surface area contributed by atoms with Crippen LogP contribution in [0.5, 0.6) is 0 Å². The predicted molar refractivity (Wildman–Crippen MR) is 64.7 cm³/mol. The minimum absolute atomic E-state index is 0.00464. The van der Waals surface area contributed by atoms with E-state index in [1.807, 2.05) is 19.2 Å². The number of hydrogen-bond donors (Lipinski definition) is 0. The molecule has 0 N–H and O–H groups in total. The summed E-state index contributed by atoms with van der Waals surface area (Å²) in [5.74, 6) is 0.840. The van der Waals surface area contributed by atoms with Crippen LogP contribution in [0.2, 0.25) is 0 Å². The second kappa shape index (κ2) is 4.60. The molecule has 0 saturated carbocycles. The van der Waals surface area contributed by atoms with Crippen molar-refractivity contribution < 1.29 is 4.79 Å². The van der Waals surface area contributed by atoms with Gasteiger partial charge in [0.05, 0.1) is 12.2 Å². The summed E-state index contributed by atoms with van der Waals surface area (Å²) >= 11 is 0. The van der Waals surface area contributed by atoms with Crippen LogP contribution in [0.25, 0.3) is 0 Å². The summed E-state index contributed by atoms with van der Waals surface area (Å²) in [6.07, 6.45) is 0. The van der Waals surface area contributed by atoms with Crippen molar-refractivity contribution in [2.45, 2.75) is 33.1 Å². The van der Waals surface area contributed by atoms with Gasteiger partial charge in [-0.15, -0.1) is 5.10 Å². The van der Waals surface area contributed by atoms with Crippen molar-refractivity contribution >= 4 is 11.6 Å². The van der Waals surface area contributed by atoms with Crippen molar-refractivity contribution in [1.29, 1.82) is 0 Å². The topological polar surface area (TPSA) is 46.1 Å². The zero-order valence-corrected chi connectivity index (χ0v) is 10.6. The first-order valence-electron chi connectivity index (χ1n) is 5.35. The summed E-state index contributed by atoms with van der Waals surface area (Å²) in [6, 6.07) is 3.86. The highest BCUT2D eigenvalue weighted by Crippen LogP contribution is 2.20. The molecule has 0 aromatic carbocycles. The maximum Gasteiger partial charge on any atom is 0.151 e. The molecule has 4 heteroatoms. The van der Waals surface area contributed by atoms with Gasteiger partial charge >= 0.3 is 0 Å². The van der Waals surface area contributed by atoms with Crippen molar-refractivity contribution in [3.8, 4) is 0 Å². The van der Waals surface area contributed by atoms with Gasteiger partial charge in [0.25, 0.3) is 0 Å². The standard InChI is InChI=1S/C12H19N3O/c1-9(16)8-15(5)11-7-6-10(13-14-11)12(2,3)4/h6-7H,8H2,1-5H3. The lowest BCUT2D eigenvalue weighted by molar-refractivity contribution is -0.115. The Morgan fingerprint density at radius 2 is 1.94 bits per heavy atom. The molecule has 1 rings (SSSR count). The number of ketones is 1. The number of Topliss-reactive ketones (excluding diaryl/α,β-unsaturated/α-hetero) is 1. The van der Waals surface area contributed by atoms with Gasteiger partial charge in [0, 0.05) is 12.5 Å².